The van der Waals surface area contributed by atoms with Crippen LogP contribution < -0.4 is 5.73 Å². The minimum atomic E-state index is 0. The minimum absolute atomic E-state index is 0. The van der Waals surface area contributed by atoms with Crippen molar-refractivity contribution in [1.82, 2.24) is 0 Å². The van der Waals surface area contributed by atoms with E-state index in [0.29, 0.717) is 6.61 Å². The molecule has 0 bridgehead atoms. The molecule has 0 heterocycles. The van der Waals surface area contributed by atoms with Crippen LogP contribution in [0.15, 0.2) is 0 Å². The quantitative estimate of drug-likeness (QED) is 0.453. The second kappa shape index (κ2) is 6.31. The summed E-state index contributed by atoms with van der Waals surface area (Å²) in [5.41, 5.74) is 4.91. The first kappa shape index (κ1) is 10.3. The molecule has 0 unspecified atom stereocenters. The zero-order valence-electron chi connectivity index (χ0n) is 4.31. The number of rotatable bonds is 1. The van der Waals surface area contributed by atoms with Crippen LogP contribution in [0.2, 0.25) is 0 Å². The van der Waals surface area contributed by atoms with Crippen LogP contribution >= 0.6 is 12.2 Å². The Hall–Kier alpha value is 0.313. The van der Waals surface area contributed by atoms with Crippen molar-refractivity contribution < 1.29 is 24.2 Å². The maximum atomic E-state index is 4.91. The second-order valence-corrected chi connectivity index (χ2v) is 1.15. The number of hydrogen-bond donors (Lipinski definition) is 1. The topological polar surface area (TPSA) is 35.2 Å². The van der Waals surface area contributed by atoms with Crippen molar-refractivity contribution in [2.24, 2.45) is 5.73 Å². The summed E-state index contributed by atoms with van der Waals surface area (Å²) in [5, 5.41) is 0.123. The van der Waals surface area contributed by atoms with Crippen molar-refractivity contribution in [3.8, 4) is 0 Å². The molecule has 0 aromatic heterocycles. The summed E-state index contributed by atoms with van der Waals surface area (Å²) < 4.78 is 4.55. The van der Waals surface area contributed by atoms with Crippen molar-refractivity contribution in [3.05, 3.63) is 0 Å². The van der Waals surface area contributed by atoms with Crippen molar-refractivity contribution in [2.75, 3.05) is 6.61 Å². The number of hydrogen-bond acceptors (Lipinski definition) is 2. The van der Waals surface area contributed by atoms with Gasteiger partial charge in [0, 0.05) is 19.5 Å². The molecule has 0 aromatic rings. The first-order valence-electron chi connectivity index (χ1n) is 1.69. The summed E-state index contributed by atoms with van der Waals surface area (Å²) in [5.74, 6) is 0. The molecule has 0 aliphatic carbocycles. The van der Waals surface area contributed by atoms with Crippen molar-refractivity contribution in [2.45, 2.75) is 6.92 Å². The van der Waals surface area contributed by atoms with Crippen molar-refractivity contribution >= 4 is 17.4 Å². The predicted octanol–water partition coefficient (Wildman–Crippen LogP) is 0.264. The normalized spacial score (nSPS) is 6.43. The van der Waals surface area contributed by atoms with Gasteiger partial charge in [0.1, 0.15) is 0 Å². The average Bonchev–Trinajstić information content (AvgIpc) is 1.35. The molecule has 0 saturated carbocycles. The van der Waals surface area contributed by atoms with Crippen molar-refractivity contribution in [3.63, 3.8) is 0 Å². The Morgan fingerprint density at radius 1 is 1.86 bits per heavy atom. The molecule has 0 aliphatic rings. The molecular formula is C3H7NOSZn. The molecule has 7 heavy (non-hydrogen) atoms. The Bertz CT molecular complexity index is 58.9. The van der Waals surface area contributed by atoms with E-state index in [-0.39, 0.29) is 24.7 Å². The van der Waals surface area contributed by atoms with Gasteiger partial charge >= 0.3 is 0 Å². The van der Waals surface area contributed by atoms with E-state index in [9.17, 15) is 0 Å². The fourth-order valence-corrected chi connectivity index (χ4v) is 0.260. The van der Waals surface area contributed by atoms with Gasteiger partial charge in [-0.1, -0.05) is 0 Å². The van der Waals surface area contributed by atoms with Gasteiger partial charge in [-0.15, -0.1) is 0 Å². The Morgan fingerprint density at radius 3 is 2.29 bits per heavy atom. The van der Waals surface area contributed by atoms with E-state index >= 15 is 0 Å². The molecule has 38 valence electrons. The maximum Gasteiger partial charge on any atom is 0.253 e. The van der Waals surface area contributed by atoms with Gasteiger partial charge in [-0.3, -0.25) is 0 Å². The van der Waals surface area contributed by atoms with Gasteiger partial charge in [-0.2, -0.15) is 0 Å². The third-order valence-corrected chi connectivity index (χ3v) is 0.404. The van der Waals surface area contributed by atoms with E-state index in [1.807, 2.05) is 6.92 Å². The van der Waals surface area contributed by atoms with E-state index in [4.69, 9.17) is 5.73 Å². The van der Waals surface area contributed by atoms with Gasteiger partial charge in [-0.05, 0) is 19.1 Å². The Kier molecular flexibility index (Phi) is 9.31. The van der Waals surface area contributed by atoms with Crippen LogP contribution in [0.4, 0.5) is 0 Å². The number of ether oxygens (including phenoxy) is 1. The summed E-state index contributed by atoms with van der Waals surface area (Å²) in [4.78, 5) is 0. The van der Waals surface area contributed by atoms with Crippen LogP contribution in [0.1, 0.15) is 6.92 Å². The zero-order valence-corrected chi connectivity index (χ0v) is 8.09. The van der Waals surface area contributed by atoms with Gasteiger partial charge in [-0.25, -0.2) is 0 Å². The molecule has 0 rings (SSSR count). The fraction of sp³-hybridized carbons (Fsp3) is 0.667. The monoisotopic (exact) mass is 169 g/mol. The minimum Gasteiger partial charge on any atom is -0.472 e. The van der Waals surface area contributed by atoms with E-state index < -0.39 is 0 Å². The van der Waals surface area contributed by atoms with Crippen LogP contribution in [0.3, 0.4) is 0 Å². The summed E-state index contributed by atoms with van der Waals surface area (Å²) >= 11 is 4.35. The summed E-state index contributed by atoms with van der Waals surface area (Å²) in [6.45, 7) is 2.40. The summed E-state index contributed by atoms with van der Waals surface area (Å²) in [6.07, 6.45) is 0. The third-order valence-electron chi connectivity index (χ3n) is 0.287. The molecule has 0 aliphatic heterocycles. The molecule has 0 atom stereocenters. The molecule has 2 N–H and O–H groups in total. The molecule has 4 heteroatoms. The molecule has 2 nitrogen and oxygen atoms in total. The van der Waals surface area contributed by atoms with Crippen LogP contribution in [-0.4, -0.2) is 11.8 Å². The van der Waals surface area contributed by atoms with Gasteiger partial charge in [0.2, 0.25) is 0 Å². The summed E-state index contributed by atoms with van der Waals surface area (Å²) in [7, 11) is 0. The molecular weight excluding hydrogens is 163 g/mol. The van der Waals surface area contributed by atoms with Gasteiger partial charge in [0.05, 0.1) is 6.61 Å². The Labute approximate surface area is 61.2 Å². The smallest absolute Gasteiger partial charge is 0.253 e. The molecule has 0 aromatic carbocycles. The molecule has 0 fully saturated rings. The van der Waals surface area contributed by atoms with Crippen LogP contribution in [-0.2, 0) is 24.2 Å². The van der Waals surface area contributed by atoms with E-state index in [1.54, 1.807) is 0 Å². The molecule has 0 saturated heterocycles. The second-order valence-electron chi connectivity index (χ2n) is 0.752. The van der Waals surface area contributed by atoms with Gasteiger partial charge in [0.15, 0.2) is 0 Å². The standard InChI is InChI=1S/C3H7NOS.Zn/c1-2-5-3(4)6;/h2H2,1H3,(H2,4,6);. The average molecular weight is 171 g/mol. The fourth-order valence-electron chi connectivity index (χ4n) is 0.142. The van der Waals surface area contributed by atoms with E-state index in [0.717, 1.165) is 0 Å². The van der Waals surface area contributed by atoms with Crippen LogP contribution in [0.25, 0.3) is 0 Å². The van der Waals surface area contributed by atoms with E-state index in [1.165, 1.54) is 0 Å². The maximum absolute atomic E-state index is 4.91. The summed E-state index contributed by atoms with van der Waals surface area (Å²) in [6, 6.07) is 0. The van der Waals surface area contributed by atoms with Crippen LogP contribution in [0, 0.1) is 0 Å². The zero-order chi connectivity index (χ0) is 4.99. The molecule has 0 radical (unpaired) electrons. The van der Waals surface area contributed by atoms with Gasteiger partial charge in [0.25, 0.3) is 5.17 Å². The van der Waals surface area contributed by atoms with E-state index in [2.05, 4.69) is 17.0 Å². The number of nitrogens with two attached hydrogens (primary N) is 1. The number of thiocarbonyl (C=S) groups is 1. The predicted molar refractivity (Wildman–Crippen MR) is 28.4 cm³/mol. The Morgan fingerprint density at radius 2 is 2.29 bits per heavy atom. The first-order valence-corrected chi connectivity index (χ1v) is 2.10. The van der Waals surface area contributed by atoms with Crippen molar-refractivity contribution in [1.29, 1.82) is 0 Å². The van der Waals surface area contributed by atoms with Gasteiger partial charge < -0.3 is 10.5 Å². The Balaban J connectivity index is 0. The first-order chi connectivity index (χ1) is 2.77. The SMILES string of the molecule is CCOC(N)=S.[Zn]. The largest absolute Gasteiger partial charge is 0.472 e. The van der Waals surface area contributed by atoms with Crippen LogP contribution in [0.5, 0.6) is 0 Å². The molecule has 0 amide bonds. The molecule has 0 spiro atoms. The third kappa shape index (κ3) is 10.7.